The number of fused-ring (bicyclic) bond motifs is 1. The normalized spacial score (nSPS) is 17.1. The quantitative estimate of drug-likeness (QED) is 0.702. The highest BCUT2D eigenvalue weighted by molar-refractivity contribution is 5.79. The predicted molar refractivity (Wildman–Crippen MR) is 118 cm³/mol. The van der Waals surface area contributed by atoms with E-state index in [4.69, 9.17) is 0 Å². The minimum Gasteiger partial charge on any atom is -0.350 e. The van der Waals surface area contributed by atoms with Crippen LogP contribution in [0.2, 0.25) is 0 Å². The van der Waals surface area contributed by atoms with E-state index in [9.17, 15) is 4.79 Å². The van der Waals surface area contributed by atoms with Crippen molar-refractivity contribution in [3.63, 3.8) is 0 Å². The molecule has 0 saturated carbocycles. The molecule has 1 fully saturated rings. The maximum absolute atomic E-state index is 13.2. The van der Waals surface area contributed by atoms with Crippen LogP contribution in [-0.4, -0.2) is 33.6 Å². The van der Waals surface area contributed by atoms with E-state index < -0.39 is 0 Å². The van der Waals surface area contributed by atoms with Gasteiger partial charge in [0.2, 0.25) is 0 Å². The van der Waals surface area contributed by atoms with Gasteiger partial charge in [-0.3, -0.25) is 14.7 Å². The van der Waals surface area contributed by atoms with E-state index in [1.807, 2.05) is 43.7 Å². The first-order chi connectivity index (χ1) is 14.2. The zero-order valence-electron chi connectivity index (χ0n) is 17.4. The van der Waals surface area contributed by atoms with Gasteiger partial charge in [0.15, 0.2) is 5.43 Å². The Hall–Kier alpha value is -2.50. The van der Waals surface area contributed by atoms with E-state index in [1.165, 1.54) is 12.0 Å². The molecule has 0 radical (unpaired) electrons. The summed E-state index contributed by atoms with van der Waals surface area (Å²) in [5.74, 6) is 0. The Bertz CT molecular complexity index is 1040. The third-order valence-electron chi connectivity index (χ3n) is 5.96. The Morgan fingerprint density at radius 3 is 2.90 bits per heavy atom. The van der Waals surface area contributed by atoms with Gasteiger partial charge in [0.25, 0.3) is 0 Å². The lowest BCUT2D eigenvalue weighted by Crippen LogP contribution is -2.45. The van der Waals surface area contributed by atoms with Crippen molar-refractivity contribution >= 4 is 10.9 Å². The van der Waals surface area contributed by atoms with E-state index in [-0.39, 0.29) is 5.43 Å². The molecule has 3 heterocycles. The summed E-state index contributed by atoms with van der Waals surface area (Å²) in [5.41, 5.74) is 4.37. The summed E-state index contributed by atoms with van der Waals surface area (Å²) in [6.07, 6.45) is 7.18. The van der Waals surface area contributed by atoms with Crippen molar-refractivity contribution in [2.45, 2.75) is 45.3 Å². The van der Waals surface area contributed by atoms with E-state index in [2.05, 4.69) is 38.8 Å². The smallest absolute Gasteiger partial charge is 0.193 e. The van der Waals surface area contributed by atoms with Crippen LogP contribution in [-0.2, 0) is 26.6 Å². The van der Waals surface area contributed by atoms with E-state index in [0.29, 0.717) is 12.6 Å². The number of hydrogen-bond acceptors (Lipinski definition) is 4. The summed E-state index contributed by atoms with van der Waals surface area (Å²) in [7, 11) is 2.02. The van der Waals surface area contributed by atoms with Crippen LogP contribution in [0.15, 0.2) is 53.6 Å². The van der Waals surface area contributed by atoms with Gasteiger partial charge in [-0.2, -0.15) is 0 Å². The van der Waals surface area contributed by atoms with Crippen molar-refractivity contribution in [1.29, 1.82) is 0 Å². The van der Waals surface area contributed by atoms with Crippen molar-refractivity contribution in [3.8, 4) is 0 Å². The number of pyridine rings is 2. The number of rotatable bonds is 6. The SMILES string of the molecule is CCc1cc(CN(Cc2cn(C)c3ccccc3c2=O)C2CCCNC2)ccn1. The van der Waals surface area contributed by atoms with Gasteiger partial charge in [0, 0.05) is 61.8 Å². The third-order valence-corrected chi connectivity index (χ3v) is 5.96. The summed E-state index contributed by atoms with van der Waals surface area (Å²) in [5, 5.41) is 4.33. The highest BCUT2D eigenvalue weighted by Crippen LogP contribution is 2.19. The van der Waals surface area contributed by atoms with Gasteiger partial charge in [-0.25, -0.2) is 0 Å². The van der Waals surface area contributed by atoms with Crippen molar-refractivity contribution < 1.29 is 0 Å². The van der Waals surface area contributed by atoms with Gasteiger partial charge in [0.1, 0.15) is 0 Å². The van der Waals surface area contributed by atoms with Crippen LogP contribution in [0.4, 0.5) is 0 Å². The molecule has 0 aliphatic carbocycles. The van der Waals surface area contributed by atoms with Crippen molar-refractivity contribution in [3.05, 3.63) is 75.8 Å². The minimum absolute atomic E-state index is 0.149. The molecule has 4 rings (SSSR count). The van der Waals surface area contributed by atoms with E-state index >= 15 is 0 Å². The Labute approximate surface area is 172 Å². The summed E-state index contributed by atoms with van der Waals surface area (Å²) in [6.45, 7) is 5.68. The Morgan fingerprint density at radius 1 is 1.24 bits per heavy atom. The standard InChI is InChI=1S/C24H30N4O/c1-3-20-13-18(10-12-26-20)15-28(21-7-6-11-25-14-21)17-19-16-27(2)23-9-5-4-8-22(23)24(19)29/h4-5,8-10,12-13,16,21,25H,3,6-7,11,14-15,17H2,1-2H3. The first kappa shape index (κ1) is 19.8. The van der Waals surface area contributed by atoms with Gasteiger partial charge >= 0.3 is 0 Å². The molecule has 2 aromatic heterocycles. The second-order valence-electron chi connectivity index (χ2n) is 8.03. The summed E-state index contributed by atoms with van der Waals surface area (Å²) in [4.78, 5) is 20.1. The Balaban J connectivity index is 1.67. The Morgan fingerprint density at radius 2 is 2.10 bits per heavy atom. The molecule has 1 aromatic carbocycles. The summed E-state index contributed by atoms with van der Waals surface area (Å²) >= 11 is 0. The van der Waals surface area contributed by atoms with Crippen LogP contribution < -0.4 is 10.7 Å². The maximum Gasteiger partial charge on any atom is 0.193 e. The third kappa shape index (κ3) is 4.41. The van der Waals surface area contributed by atoms with Crippen LogP contribution in [0.1, 0.15) is 36.6 Å². The van der Waals surface area contributed by atoms with Gasteiger partial charge in [0.05, 0.1) is 5.52 Å². The van der Waals surface area contributed by atoms with Crippen LogP contribution in [0, 0.1) is 0 Å². The fraction of sp³-hybridized carbons (Fsp3) is 0.417. The summed E-state index contributed by atoms with van der Waals surface area (Å²) < 4.78 is 2.07. The molecule has 0 amide bonds. The van der Waals surface area contributed by atoms with Crippen molar-refractivity contribution in [2.24, 2.45) is 7.05 Å². The molecule has 3 aromatic rings. The fourth-order valence-corrected chi connectivity index (χ4v) is 4.35. The first-order valence-electron chi connectivity index (χ1n) is 10.6. The second kappa shape index (κ2) is 8.89. The van der Waals surface area contributed by atoms with Gasteiger partial charge < -0.3 is 9.88 Å². The number of hydrogen-bond donors (Lipinski definition) is 1. The molecule has 0 spiro atoms. The molecule has 1 atom stereocenters. The monoisotopic (exact) mass is 390 g/mol. The number of aryl methyl sites for hydroxylation is 2. The number of benzene rings is 1. The highest BCUT2D eigenvalue weighted by atomic mass is 16.1. The number of aromatic nitrogens is 2. The molecule has 1 N–H and O–H groups in total. The van der Waals surface area contributed by atoms with Crippen LogP contribution >= 0.6 is 0 Å². The zero-order chi connectivity index (χ0) is 20.2. The topological polar surface area (TPSA) is 50.2 Å². The molecule has 1 aliphatic rings. The van der Waals surface area contributed by atoms with Crippen molar-refractivity contribution in [2.75, 3.05) is 13.1 Å². The molecule has 29 heavy (non-hydrogen) atoms. The Kier molecular flexibility index (Phi) is 6.07. The largest absolute Gasteiger partial charge is 0.350 e. The number of nitrogens with one attached hydrogen (secondary N) is 1. The number of nitrogens with zero attached hydrogens (tertiary/aromatic N) is 3. The molecule has 5 heteroatoms. The van der Waals surface area contributed by atoms with Gasteiger partial charge in [-0.15, -0.1) is 0 Å². The van der Waals surface area contributed by atoms with Crippen LogP contribution in [0.3, 0.4) is 0 Å². The maximum atomic E-state index is 13.2. The minimum atomic E-state index is 0.149. The lowest BCUT2D eigenvalue weighted by molar-refractivity contribution is 0.149. The zero-order valence-corrected chi connectivity index (χ0v) is 17.4. The average Bonchev–Trinajstić information content (AvgIpc) is 2.77. The highest BCUT2D eigenvalue weighted by Gasteiger charge is 2.23. The van der Waals surface area contributed by atoms with Gasteiger partial charge in [-0.05, 0) is 55.6 Å². The molecular weight excluding hydrogens is 360 g/mol. The molecular formula is C24H30N4O. The number of piperidine rings is 1. The fourth-order valence-electron chi connectivity index (χ4n) is 4.35. The molecule has 1 unspecified atom stereocenters. The lowest BCUT2D eigenvalue weighted by Gasteiger charge is -2.35. The van der Waals surface area contributed by atoms with Crippen molar-refractivity contribution in [1.82, 2.24) is 19.8 Å². The van der Waals surface area contributed by atoms with E-state index in [1.54, 1.807) is 0 Å². The van der Waals surface area contributed by atoms with Crippen LogP contribution in [0.5, 0.6) is 0 Å². The molecule has 1 saturated heterocycles. The average molecular weight is 391 g/mol. The molecule has 152 valence electrons. The van der Waals surface area contributed by atoms with E-state index in [0.717, 1.165) is 54.6 Å². The predicted octanol–water partition coefficient (Wildman–Crippen LogP) is 3.25. The molecule has 0 bridgehead atoms. The summed E-state index contributed by atoms with van der Waals surface area (Å²) in [6, 6.07) is 12.6. The van der Waals surface area contributed by atoms with Crippen LogP contribution in [0.25, 0.3) is 10.9 Å². The molecule has 5 nitrogen and oxygen atoms in total. The first-order valence-corrected chi connectivity index (χ1v) is 10.6. The van der Waals surface area contributed by atoms with Gasteiger partial charge in [-0.1, -0.05) is 19.1 Å². The lowest BCUT2D eigenvalue weighted by atomic mass is 10.0. The number of para-hydroxylation sites is 1. The second-order valence-corrected chi connectivity index (χ2v) is 8.03. The molecule has 1 aliphatic heterocycles.